The second kappa shape index (κ2) is 5.80. The van der Waals surface area contributed by atoms with Crippen molar-refractivity contribution in [1.82, 2.24) is 10.3 Å². The molecular formula is C13H20N2O2S. The standard InChI is InChI=1S/C13H20N2O2S/c1-16-11-4-7-15-10(12(11)17-2)8-14-9-13(18-3)5-6-13/h4,7,14H,5-6,8-9H2,1-3H3. The van der Waals surface area contributed by atoms with Crippen LogP contribution in [0.3, 0.4) is 0 Å². The third kappa shape index (κ3) is 2.90. The molecule has 1 aromatic heterocycles. The molecule has 0 unspecified atom stereocenters. The Morgan fingerprint density at radius 3 is 2.72 bits per heavy atom. The summed E-state index contributed by atoms with van der Waals surface area (Å²) in [6.45, 7) is 1.74. The van der Waals surface area contributed by atoms with Crippen molar-refractivity contribution in [2.24, 2.45) is 0 Å². The van der Waals surface area contributed by atoms with E-state index in [0.29, 0.717) is 11.3 Å². The van der Waals surface area contributed by atoms with Crippen molar-refractivity contribution in [1.29, 1.82) is 0 Å². The van der Waals surface area contributed by atoms with Crippen LogP contribution in [0.15, 0.2) is 12.3 Å². The van der Waals surface area contributed by atoms with E-state index < -0.39 is 0 Å². The van der Waals surface area contributed by atoms with Crippen molar-refractivity contribution in [3.63, 3.8) is 0 Å². The van der Waals surface area contributed by atoms with E-state index in [1.165, 1.54) is 12.8 Å². The first kappa shape index (κ1) is 13.5. The van der Waals surface area contributed by atoms with Crippen LogP contribution in [-0.2, 0) is 6.54 Å². The van der Waals surface area contributed by atoms with E-state index in [4.69, 9.17) is 9.47 Å². The van der Waals surface area contributed by atoms with Crippen LogP contribution in [0.25, 0.3) is 0 Å². The van der Waals surface area contributed by atoms with E-state index in [1.807, 2.05) is 17.8 Å². The predicted molar refractivity (Wildman–Crippen MR) is 74.5 cm³/mol. The number of hydrogen-bond donors (Lipinski definition) is 1. The van der Waals surface area contributed by atoms with Crippen LogP contribution in [0, 0.1) is 0 Å². The molecule has 1 N–H and O–H groups in total. The number of thioether (sulfide) groups is 1. The summed E-state index contributed by atoms with van der Waals surface area (Å²) in [5, 5.41) is 3.46. The average Bonchev–Trinajstić information content (AvgIpc) is 3.19. The smallest absolute Gasteiger partial charge is 0.183 e. The van der Waals surface area contributed by atoms with Gasteiger partial charge < -0.3 is 14.8 Å². The van der Waals surface area contributed by atoms with E-state index in [1.54, 1.807) is 20.4 Å². The first-order valence-corrected chi connectivity index (χ1v) is 7.29. The highest BCUT2D eigenvalue weighted by molar-refractivity contribution is 8.00. The van der Waals surface area contributed by atoms with E-state index in [9.17, 15) is 0 Å². The van der Waals surface area contributed by atoms with Gasteiger partial charge in [0.25, 0.3) is 0 Å². The average molecular weight is 268 g/mol. The second-order valence-electron chi connectivity index (χ2n) is 4.48. The minimum absolute atomic E-state index is 0.464. The van der Waals surface area contributed by atoms with Crippen LogP contribution in [0.4, 0.5) is 0 Å². The number of nitrogens with zero attached hydrogens (tertiary/aromatic N) is 1. The molecule has 0 amide bonds. The Morgan fingerprint density at radius 1 is 1.39 bits per heavy atom. The fourth-order valence-electron chi connectivity index (χ4n) is 1.98. The van der Waals surface area contributed by atoms with Crippen molar-refractivity contribution in [2.75, 3.05) is 27.0 Å². The molecule has 1 heterocycles. The SMILES string of the molecule is COc1ccnc(CNCC2(SC)CC2)c1OC. The lowest BCUT2D eigenvalue weighted by molar-refractivity contribution is 0.348. The first-order valence-electron chi connectivity index (χ1n) is 6.06. The molecule has 0 aliphatic heterocycles. The summed E-state index contributed by atoms with van der Waals surface area (Å²) in [7, 11) is 3.29. The van der Waals surface area contributed by atoms with Gasteiger partial charge in [0.1, 0.15) is 0 Å². The minimum atomic E-state index is 0.464. The van der Waals surface area contributed by atoms with Gasteiger partial charge in [-0.15, -0.1) is 0 Å². The number of hydrogen-bond acceptors (Lipinski definition) is 5. The van der Waals surface area contributed by atoms with Crippen molar-refractivity contribution < 1.29 is 9.47 Å². The number of methoxy groups -OCH3 is 2. The topological polar surface area (TPSA) is 43.4 Å². The van der Waals surface area contributed by atoms with E-state index >= 15 is 0 Å². The van der Waals surface area contributed by atoms with Crippen molar-refractivity contribution in [3.8, 4) is 11.5 Å². The van der Waals surface area contributed by atoms with Gasteiger partial charge in [0.05, 0.1) is 19.9 Å². The Kier molecular flexibility index (Phi) is 4.35. The van der Waals surface area contributed by atoms with Crippen molar-refractivity contribution >= 4 is 11.8 Å². The Hall–Kier alpha value is -0.940. The number of nitrogens with one attached hydrogen (secondary N) is 1. The molecule has 1 saturated carbocycles. The largest absolute Gasteiger partial charge is 0.493 e. The molecule has 4 nitrogen and oxygen atoms in total. The zero-order valence-corrected chi connectivity index (χ0v) is 12.0. The molecule has 1 aromatic rings. The van der Waals surface area contributed by atoms with E-state index in [0.717, 1.165) is 23.7 Å². The van der Waals surface area contributed by atoms with E-state index in [2.05, 4.69) is 16.6 Å². The van der Waals surface area contributed by atoms with Crippen molar-refractivity contribution in [2.45, 2.75) is 24.1 Å². The monoisotopic (exact) mass is 268 g/mol. The highest BCUT2D eigenvalue weighted by atomic mass is 32.2. The Labute approximate surface area is 112 Å². The number of ether oxygens (including phenoxy) is 2. The fourth-order valence-corrected chi connectivity index (χ4v) is 2.73. The number of aromatic nitrogens is 1. The summed E-state index contributed by atoms with van der Waals surface area (Å²) in [4.78, 5) is 4.35. The second-order valence-corrected chi connectivity index (χ2v) is 5.76. The summed E-state index contributed by atoms with van der Waals surface area (Å²) in [5.41, 5.74) is 0.897. The van der Waals surface area contributed by atoms with Gasteiger partial charge in [-0.2, -0.15) is 11.8 Å². The molecule has 0 saturated heterocycles. The summed E-state index contributed by atoms with van der Waals surface area (Å²) in [6, 6.07) is 1.81. The van der Waals surface area contributed by atoms with Gasteiger partial charge in [-0.1, -0.05) is 0 Å². The van der Waals surface area contributed by atoms with Crippen LogP contribution in [0.1, 0.15) is 18.5 Å². The minimum Gasteiger partial charge on any atom is -0.493 e. The lowest BCUT2D eigenvalue weighted by Gasteiger charge is -2.15. The Balaban J connectivity index is 1.96. The molecule has 18 heavy (non-hydrogen) atoms. The summed E-state index contributed by atoms with van der Waals surface area (Å²) >= 11 is 1.95. The molecule has 2 rings (SSSR count). The van der Waals surface area contributed by atoms with Crippen LogP contribution in [0.5, 0.6) is 11.5 Å². The molecule has 100 valence electrons. The van der Waals surface area contributed by atoms with Crippen LogP contribution in [-0.4, -0.2) is 36.8 Å². The lowest BCUT2D eigenvalue weighted by atomic mass is 10.3. The fraction of sp³-hybridized carbons (Fsp3) is 0.615. The molecule has 0 bridgehead atoms. The quantitative estimate of drug-likeness (QED) is 0.820. The van der Waals surface area contributed by atoms with Gasteiger partial charge in [-0.25, -0.2) is 0 Å². The van der Waals surface area contributed by atoms with Crippen LogP contribution < -0.4 is 14.8 Å². The number of pyridine rings is 1. The Morgan fingerprint density at radius 2 is 2.17 bits per heavy atom. The molecule has 1 fully saturated rings. The van der Waals surface area contributed by atoms with Crippen LogP contribution in [0.2, 0.25) is 0 Å². The van der Waals surface area contributed by atoms with Crippen LogP contribution >= 0.6 is 11.8 Å². The van der Waals surface area contributed by atoms with Gasteiger partial charge in [0.2, 0.25) is 0 Å². The maximum Gasteiger partial charge on any atom is 0.183 e. The zero-order valence-electron chi connectivity index (χ0n) is 11.2. The molecule has 0 radical (unpaired) electrons. The highest BCUT2D eigenvalue weighted by Crippen LogP contribution is 2.46. The molecule has 1 aliphatic rings. The van der Waals surface area contributed by atoms with Gasteiger partial charge in [0, 0.05) is 30.1 Å². The normalized spacial score (nSPS) is 16.4. The highest BCUT2D eigenvalue weighted by Gasteiger charge is 2.41. The third-order valence-corrected chi connectivity index (χ3v) is 4.77. The predicted octanol–water partition coefficient (Wildman–Crippen LogP) is 2.08. The van der Waals surface area contributed by atoms with Gasteiger partial charge >= 0.3 is 0 Å². The molecule has 1 aliphatic carbocycles. The van der Waals surface area contributed by atoms with Gasteiger partial charge in [-0.3, -0.25) is 4.98 Å². The first-order chi connectivity index (χ1) is 8.74. The Bertz CT molecular complexity index is 408. The van der Waals surface area contributed by atoms with E-state index in [-0.39, 0.29) is 0 Å². The molecule has 0 atom stereocenters. The maximum absolute atomic E-state index is 5.36. The number of rotatable bonds is 7. The zero-order chi connectivity index (χ0) is 13.0. The summed E-state index contributed by atoms with van der Waals surface area (Å²) < 4.78 is 11.1. The molecule has 5 heteroatoms. The summed E-state index contributed by atoms with van der Waals surface area (Å²) in [6.07, 6.45) is 6.55. The van der Waals surface area contributed by atoms with Gasteiger partial charge in [-0.05, 0) is 19.1 Å². The maximum atomic E-state index is 5.36. The lowest BCUT2D eigenvalue weighted by Crippen LogP contribution is -2.26. The molecule has 0 aromatic carbocycles. The summed E-state index contributed by atoms with van der Waals surface area (Å²) in [5.74, 6) is 1.46. The third-order valence-electron chi connectivity index (χ3n) is 3.35. The molecule has 0 spiro atoms. The molecular weight excluding hydrogens is 248 g/mol. The van der Waals surface area contributed by atoms with Gasteiger partial charge in [0.15, 0.2) is 11.5 Å². The van der Waals surface area contributed by atoms with Crippen molar-refractivity contribution in [3.05, 3.63) is 18.0 Å².